The number of rotatable bonds is 8. The number of nitrogens with one attached hydrogen (secondary N) is 1. The Bertz CT molecular complexity index is 705. The van der Waals surface area contributed by atoms with Gasteiger partial charge in [0.2, 0.25) is 0 Å². The summed E-state index contributed by atoms with van der Waals surface area (Å²) in [5, 5.41) is 2.82. The van der Waals surface area contributed by atoms with Gasteiger partial charge in [0.05, 0.1) is 6.61 Å². The lowest BCUT2D eigenvalue weighted by Gasteiger charge is -2.22. The summed E-state index contributed by atoms with van der Waals surface area (Å²) in [5.41, 5.74) is 1.72. The van der Waals surface area contributed by atoms with Crippen molar-refractivity contribution in [3.05, 3.63) is 54.1 Å². The number of anilines is 1. The van der Waals surface area contributed by atoms with E-state index in [4.69, 9.17) is 14.2 Å². The summed E-state index contributed by atoms with van der Waals surface area (Å²) in [5.74, 6) is 1.26. The molecule has 0 radical (unpaired) electrons. The molecule has 0 aliphatic carbocycles. The maximum atomic E-state index is 12.2. The minimum atomic E-state index is -0.207. The average molecular weight is 357 g/mol. The van der Waals surface area contributed by atoms with Crippen molar-refractivity contribution >= 4 is 11.6 Å². The van der Waals surface area contributed by atoms with Gasteiger partial charge < -0.3 is 19.5 Å². The van der Waals surface area contributed by atoms with E-state index in [0.717, 1.165) is 17.1 Å². The normalized spacial score (nSPS) is 11.1. The van der Waals surface area contributed by atoms with Crippen LogP contribution in [0.1, 0.15) is 26.3 Å². The van der Waals surface area contributed by atoms with Gasteiger partial charge in [0.1, 0.15) is 18.1 Å². The molecule has 2 rings (SSSR count). The number of para-hydroxylation sites is 1. The Kier molecular flexibility index (Phi) is 7.04. The Labute approximate surface area is 155 Å². The molecule has 2 aromatic carbocycles. The zero-order chi connectivity index (χ0) is 19.0. The predicted octanol–water partition coefficient (Wildman–Crippen LogP) is 4.03. The maximum absolute atomic E-state index is 12.2. The van der Waals surface area contributed by atoms with Crippen LogP contribution in [-0.2, 0) is 14.9 Å². The zero-order valence-corrected chi connectivity index (χ0v) is 15.9. The van der Waals surface area contributed by atoms with Gasteiger partial charge in [-0.3, -0.25) is 4.79 Å². The number of carbonyl (C=O) groups is 1. The van der Waals surface area contributed by atoms with Gasteiger partial charge in [0.15, 0.2) is 6.61 Å². The molecule has 0 atom stereocenters. The third-order valence-corrected chi connectivity index (χ3v) is 3.75. The van der Waals surface area contributed by atoms with Gasteiger partial charge >= 0.3 is 0 Å². The van der Waals surface area contributed by atoms with Crippen molar-refractivity contribution in [2.24, 2.45) is 0 Å². The van der Waals surface area contributed by atoms with E-state index in [1.54, 1.807) is 31.4 Å². The van der Waals surface area contributed by atoms with E-state index in [0.29, 0.717) is 18.9 Å². The van der Waals surface area contributed by atoms with Crippen LogP contribution in [0.5, 0.6) is 11.5 Å². The van der Waals surface area contributed by atoms with Gasteiger partial charge in [-0.05, 0) is 41.3 Å². The molecular weight excluding hydrogens is 330 g/mol. The highest BCUT2D eigenvalue weighted by atomic mass is 16.5. The Morgan fingerprint density at radius 3 is 2.31 bits per heavy atom. The largest absolute Gasteiger partial charge is 0.491 e. The molecule has 0 heterocycles. The number of hydrogen-bond donors (Lipinski definition) is 1. The molecule has 0 unspecified atom stereocenters. The van der Waals surface area contributed by atoms with E-state index in [-0.39, 0.29) is 17.9 Å². The molecule has 0 spiro atoms. The van der Waals surface area contributed by atoms with E-state index in [2.05, 4.69) is 26.1 Å². The van der Waals surface area contributed by atoms with Gasteiger partial charge in [0, 0.05) is 12.8 Å². The quantitative estimate of drug-likeness (QED) is 0.725. The molecule has 0 bridgehead atoms. The minimum absolute atomic E-state index is 0.0425. The summed E-state index contributed by atoms with van der Waals surface area (Å²) >= 11 is 0. The highest BCUT2D eigenvalue weighted by Crippen LogP contribution is 2.30. The fraction of sp³-hybridized carbons (Fsp3) is 0.381. The summed E-state index contributed by atoms with van der Waals surface area (Å²) < 4.78 is 16.2. The van der Waals surface area contributed by atoms with Crippen LogP contribution in [0, 0.1) is 0 Å². The second kappa shape index (κ2) is 9.25. The summed E-state index contributed by atoms with van der Waals surface area (Å²) in [6, 6.07) is 15.0. The molecule has 140 valence electrons. The lowest BCUT2D eigenvalue weighted by Crippen LogP contribution is -2.21. The Hall–Kier alpha value is -2.53. The Balaban J connectivity index is 1.88. The summed E-state index contributed by atoms with van der Waals surface area (Å²) in [6.07, 6.45) is 0. The molecule has 1 N–H and O–H groups in total. The SMILES string of the molecule is COCCOc1ccc(NC(=O)COc2ccccc2C(C)(C)C)cc1. The highest BCUT2D eigenvalue weighted by Gasteiger charge is 2.18. The van der Waals surface area contributed by atoms with Crippen LogP contribution in [0.3, 0.4) is 0 Å². The van der Waals surface area contributed by atoms with E-state index in [1.807, 2.05) is 24.3 Å². The van der Waals surface area contributed by atoms with Gasteiger partial charge in [-0.2, -0.15) is 0 Å². The van der Waals surface area contributed by atoms with Crippen LogP contribution < -0.4 is 14.8 Å². The van der Waals surface area contributed by atoms with Gasteiger partial charge in [-0.25, -0.2) is 0 Å². The van der Waals surface area contributed by atoms with E-state index in [9.17, 15) is 4.79 Å². The fourth-order valence-electron chi connectivity index (χ4n) is 2.43. The topological polar surface area (TPSA) is 56.8 Å². The maximum Gasteiger partial charge on any atom is 0.262 e. The first-order chi connectivity index (χ1) is 12.4. The Morgan fingerprint density at radius 2 is 1.65 bits per heavy atom. The summed E-state index contributed by atoms with van der Waals surface area (Å²) in [6.45, 7) is 7.33. The van der Waals surface area contributed by atoms with Crippen molar-refractivity contribution in [3.63, 3.8) is 0 Å². The second-order valence-electron chi connectivity index (χ2n) is 6.95. The Morgan fingerprint density at radius 1 is 0.962 bits per heavy atom. The molecular formula is C21H27NO4. The molecule has 5 nitrogen and oxygen atoms in total. The molecule has 0 saturated heterocycles. The number of hydrogen-bond acceptors (Lipinski definition) is 4. The number of carbonyl (C=O) groups excluding carboxylic acids is 1. The van der Waals surface area contributed by atoms with Crippen molar-refractivity contribution in [1.29, 1.82) is 0 Å². The van der Waals surface area contributed by atoms with Crippen LogP contribution in [0.25, 0.3) is 0 Å². The van der Waals surface area contributed by atoms with E-state index in [1.165, 1.54) is 0 Å². The van der Waals surface area contributed by atoms with Crippen molar-refractivity contribution in [3.8, 4) is 11.5 Å². The van der Waals surface area contributed by atoms with Crippen molar-refractivity contribution in [1.82, 2.24) is 0 Å². The molecule has 0 aromatic heterocycles. The van der Waals surface area contributed by atoms with Crippen LogP contribution in [-0.4, -0.2) is 32.8 Å². The molecule has 5 heteroatoms. The smallest absolute Gasteiger partial charge is 0.262 e. The van der Waals surface area contributed by atoms with E-state index >= 15 is 0 Å². The third kappa shape index (κ3) is 6.08. The van der Waals surface area contributed by atoms with Crippen LogP contribution in [0.4, 0.5) is 5.69 Å². The fourth-order valence-corrected chi connectivity index (χ4v) is 2.43. The highest BCUT2D eigenvalue weighted by molar-refractivity contribution is 5.91. The van der Waals surface area contributed by atoms with Crippen molar-refractivity contribution in [2.45, 2.75) is 26.2 Å². The summed E-state index contributed by atoms with van der Waals surface area (Å²) in [7, 11) is 1.63. The van der Waals surface area contributed by atoms with Crippen molar-refractivity contribution < 1.29 is 19.0 Å². The molecule has 1 amide bonds. The standard InChI is InChI=1S/C21H27NO4/c1-21(2,3)18-7-5-6-8-19(18)26-15-20(23)22-16-9-11-17(12-10-16)25-14-13-24-4/h5-12H,13-15H2,1-4H3,(H,22,23). The van der Waals surface area contributed by atoms with Crippen LogP contribution in [0.2, 0.25) is 0 Å². The third-order valence-electron chi connectivity index (χ3n) is 3.75. The monoisotopic (exact) mass is 357 g/mol. The van der Waals surface area contributed by atoms with Gasteiger partial charge in [-0.1, -0.05) is 39.0 Å². The van der Waals surface area contributed by atoms with Crippen molar-refractivity contribution in [2.75, 3.05) is 32.2 Å². The lowest BCUT2D eigenvalue weighted by atomic mass is 9.86. The predicted molar refractivity (Wildman–Crippen MR) is 103 cm³/mol. The number of ether oxygens (including phenoxy) is 3. The molecule has 2 aromatic rings. The molecule has 0 saturated carbocycles. The molecule has 0 aliphatic heterocycles. The number of amides is 1. The van der Waals surface area contributed by atoms with Gasteiger partial charge in [0.25, 0.3) is 5.91 Å². The van der Waals surface area contributed by atoms with Crippen LogP contribution in [0.15, 0.2) is 48.5 Å². The minimum Gasteiger partial charge on any atom is -0.491 e. The van der Waals surface area contributed by atoms with E-state index < -0.39 is 0 Å². The lowest BCUT2D eigenvalue weighted by molar-refractivity contribution is -0.118. The first-order valence-corrected chi connectivity index (χ1v) is 8.64. The molecule has 0 aliphatic rings. The van der Waals surface area contributed by atoms with Gasteiger partial charge in [-0.15, -0.1) is 0 Å². The average Bonchev–Trinajstić information content (AvgIpc) is 2.61. The molecule has 0 fully saturated rings. The second-order valence-corrected chi connectivity index (χ2v) is 6.95. The number of benzene rings is 2. The van der Waals surface area contributed by atoms with Crippen LogP contribution >= 0.6 is 0 Å². The molecule has 26 heavy (non-hydrogen) atoms. The zero-order valence-electron chi connectivity index (χ0n) is 15.9. The summed E-state index contributed by atoms with van der Waals surface area (Å²) in [4.78, 5) is 12.2. The first kappa shape index (κ1) is 19.8. The first-order valence-electron chi connectivity index (χ1n) is 8.64. The number of methoxy groups -OCH3 is 1.